The van der Waals surface area contributed by atoms with Gasteiger partial charge in [-0.05, 0) is 83.9 Å². The van der Waals surface area contributed by atoms with Gasteiger partial charge in [0.2, 0.25) is 0 Å². The zero-order chi connectivity index (χ0) is 36.4. The lowest BCUT2D eigenvalue weighted by Gasteiger charge is -2.12. The first-order valence-electron chi connectivity index (χ1n) is 18.0. The van der Waals surface area contributed by atoms with Crippen LogP contribution in [-0.4, -0.2) is 15.0 Å². The second-order valence-corrected chi connectivity index (χ2v) is 13.5. The molecule has 0 saturated carbocycles. The molecule has 3 heteroatoms. The van der Waals surface area contributed by atoms with Gasteiger partial charge in [0.25, 0.3) is 0 Å². The second-order valence-electron chi connectivity index (χ2n) is 13.5. The Bertz CT molecular complexity index is 2880. The quantitative estimate of drug-likeness (QED) is 0.118. The van der Waals surface area contributed by atoms with Crippen LogP contribution in [0.3, 0.4) is 0 Å². The minimum absolute atomic E-state index is 0.560. The molecule has 2 heterocycles. The van der Waals surface area contributed by atoms with E-state index >= 15 is 0 Å². The summed E-state index contributed by atoms with van der Waals surface area (Å²) in [5, 5.41) is 7.24. The molecule has 0 aliphatic carbocycles. The van der Waals surface area contributed by atoms with Crippen LogP contribution in [0, 0.1) is 0 Å². The van der Waals surface area contributed by atoms with Crippen LogP contribution in [0.4, 0.5) is 0 Å². The Morgan fingerprint density at radius 3 is 1.70 bits per heavy atom. The first-order chi connectivity index (χ1) is 26.6. The molecule has 9 rings (SSSR count). The van der Waals surface area contributed by atoms with Crippen molar-refractivity contribution in [3.8, 4) is 44.8 Å². The molecule has 0 spiro atoms. The average molecular weight is 690 g/mol. The second kappa shape index (κ2) is 14.1. The van der Waals surface area contributed by atoms with Crippen LogP contribution < -0.4 is 0 Å². The number of rotatable bonds is 8. The van der Waals surface area contributed by atoms with E-state index in [-0.39, 0.29) is 0 Å². The molecule has 254 valence electrons. The summed E-state index contributed by atoms with van der Waals surface area (Å²) < 4.78 is 0. The molecular weight excluding hydrogens is 655 g/mol. The molecule has 2 aromatic heterocycles. The van der Waals surface area contributed by atoms with Crippen molar-refractivity contribution in [3.63, 3.8) is 0 Å². The van der Waals surface area contributed by atoms with Gasteiger partial charge in [0.05, 0.1) is 11.4 Å². The van der Waals surface area contributed by atoms with Crippen molar-refractivity contribution in [1.82, 2.24) is 15.0 Å². The monoisotopic (exact) mass is 689 g/mol. The molecule has 7 aromatic carbocycles. The van der Waals surface area contributed by atoms with Crippen LogP contribution in [0.1, 0.15) is 11.4 Å². The number of hydrogen-bond acceptors (Lipinski definition) is 3. The van der Waals surface area contributed by atoms with Crippen LogP contribution in [0.15, 0.2) is 201 Å². The van der Waals surface area contributed by atoms with Crippen molar-refractivity contribution in [3.05, 3.63) is 213 Å². The topological polar surface area (TPSA) is 38.7 Å². The molecule has 0 unspecified atom stereocenters. The SMILES string of the molecule is C=C(/C=C\C(=C)c1cc2ccccc2c2ccccc12)c1nc(-c2ccc(-c3cccnc3)cc2)cc(-c2ccc(-c3cccc4ccccc34)cc2)n1. The normalized spacial score (nSPS) is 11.4. The maximum atomic E-state index is 5.09. The van der Waals surface area contributed by atoms with Gasteiger partial charge in [-0.25, -0.2) is 9.97 Å². The number of fused-ring (bicyclic) bond motifs is 4. The lowest BCUT2D eigenvalue weighted by Crippen LogP contribution is -1.98. The molecule has 54 heavy (non-hydrogen) atoms. The molecule has 3 nitrogen and oxygen atoms in total. The Morgan fingerprint density at radius 1 is 0.426 bits per heavy atom. The first-order valence-corrected chi connectivity index (χ1v) is 18.0. The summed E-state index contributed by atoms with van der Waals surface area (Å²) in [6.45, 7) is 8.94. The van der Waals surface area contributed by atoms with Gasteiger partial charge < -0.3 is 0 Å². The van der Waals surface area contributed by atoms with E-state index < -0.39 is 0 Å². The maximum Gasteiger partial charge on any atom is 0.159 e. The maximum absolute atomic E-state index is 5.09. The molecular formula is C51H35N3. The van der Waals surface area contributed by atoms with Crippen molar-refractivity contribution in [2.24, 2.45) is 0 Å². The van der Waals surface area contributed by atoms with Crippen molar-refractivity contribution < 1.29 is 0 Å². The Kier molecular flexibility index (Phi) is 8.51. The molecule has 0 fully saturated rings. The van der Waals surface area contributed by atoms with Crippen molar-refractivity contribution >= 4 is 43.5 Å². The van der Waals surface area contributed by atoms with Crippen LogP contribution >= 0.6 is 0 Å². The summed E-state index contributed by atoms with van der Waals surface area (Å²) >= 11 is 0. The molecule has 0 atom stereocenters. The van der Waals surface area contributed by atoms with Gasteiger partial charge >= 0.3 is 0 Å². The van der Waals surface area contributed by atoms with Crippen LogP contribution in [0.5, 0.6) is 0 Å². The standard InChI is InChI=1S/C51H35N3/c1-34(48-31-41-12-4-6-16-45(41)46-17-7-8-18-47(46)48)20-21-35(2)51-53-49(39-26-22-36(23-27-39)42-14-10-30-52-33-42)32-50(54-51)40-28-24-38(25-29-40)44-19-9-13-37-11-3-5-15-43(37)44/h3-33H,1-2H2/b21-20-. The third-order valence-electron chi connectivity index (χ3n) is 10.1. The van der Waals surface area contributed by atoms with Gasteiger partial charge in [0, 0.05) is 29.1 Å². The molecule has 0 aliphatic rings. The fourth-order valence-corrected chi connectivity index (χ4v) is 7.24. The third-order valence-corrected chi connectivity index (χ3v) is 10.1. The molecule has 0 radical (unpaired) electrons. The summed E-state index contributed by atoms with van der Waals surface area (Å²) in [5.41, 5.74) is 10.8. The number of allylic oxidation sites excluding steroid dienone is 4. The van der Waals surface area contributed by atoms with Crippen LogP contribution in [0.2, 0.25) is 0 Å². The zero-order valence-corrected chi connectivity index (χ0v) is 29.7. The van der Waals surface area contributed by atoms with Gasteiger partial charge in [-0.15, -0.1) is 0 Å². The van der Waals surface area contributed by atoms with Crippen LogP contribution in [0.25, 0.3) is 88.2 Å². The Balaban J connectivity index is 1.08. The summed E-state index contributed by atoms with van der Waals surface area (Å²) in [6.07, 6.45) is 7.67. The number of pyridine rings is 1. The molecule has 0 N–H and O–H groups in total. The fourth-order valence-electron chi connectivity index (χ4n) is 7.24. The smallest absolute Gasteiger partial charge is 0.159 e. The van der Waals surface area contributed by atoms with E-state index in [1.165, 1.54) is 37.9 Å². The van der Waals surface area contributed by atoms with E-state index in [1.807, 2.05) is 24.4 Å². The molecule has 9 aromatic rings. The van der Waals surface area contributed by atoms with E-state index in [0.29, 0.717) is 11.4 Å². The van der Waals surface area contributed by atoms with Crippen molar-refractivity contribution in [1.29, 1.82) is 0 Å². The highest BCUT2D eigenvalue weighted by molar-refractivity contribution is 6.12. The van der Waals surface area contributed by atoms with Gasteiger partial charge in [0.15, 0.2) is 5.82 Å². The Hall–Kier alpha value is -7.23. The van der Waals surface area contributed by atoms with Crippen molar-refractivity contribution in [2.75, 3.05) is 0 Å². The van der Waals surface area contributed by atoms with E-state index in [9.17, 15) is 0 Å². The highest BCUT2D eigenvalue weighted by Crippen LogP contribution is 2.34. The molecule has 0 bridgehead atoms. The van der Waals surface area contributed by atoms with Gasteiger partial charge in [-0.2, -0.15) is 0 Å². The van der Waals surface area contributed by atoms with E-state index in [4.69, 9.17) is 9.97 Å². The average Bonchev–Trinajstić information content (AvgIpc) is 3.25. The molecule has 0 saturated heterocycles. The predicted molar refractivity (Wildman–Crippen MR) is 228 cm³/mol. The number of aromatic nitrogens is 3. The third kappa shape index (κ3) is 6.29. The van der Waals surface area contributed by atoms with E-state index in [2.05, 4.69) is 176 Å². The van der Waals surface area contributed by atoms with Crippen LogP contribution in [-0.2, 0) is 0 Å². The number of nitrogens with zero attached hydrogens (tertiary/aromatic N) is 3. The Labute approximate surface area is 315 Å². The first kappa shape index (κ1) is 32.7. The highest BCUT2D eigenvalue weighted by atomic mass is 14.9. The van der Waals surface area contributed by atoms with Gasteiger partial charge in [-0.3, -0.25) is 4.98 Å². The predicted octanol–water partition coefficient (Wildman–Crippen LogP) is 13.3. The lowest BCUT2D eigenvalue weighted by atomic mass is 9.93. The van der Waals surface area contributed by atoms with Crippen molar-refractivity contribution in [2.45, 2.75) is 0 Å². The highest BCUT2D eigenvalue weighted by Gasteiger charge is 2.13. The number of benzene rings is 7. The zero-order valence-electron chi connectivity index (χ0n) is 29.7. The summed E-state index contributed by atoms with van der Waals surface area (Å²) in [6, 6.07) is 57.3. The fraction of sp³-hybridized carbons (Fsp3) is 0. The van der Waals surface area contributed by atoms with E-state index in [1.54, 1.807) is 6.20 Å². The number of hydrogen-bond donors (Lipinski definition) is 0. The minimum Gasteiger partial charge on any atom is -0.264 e. The molecule has 0 aliphatic heterocycles. The summed E-state index contributed by atoms with van der Waals surface area (Å²) in [7, 11) is 0. The minimum atomic E-state index is 0.560. The Morgan fingerprint density at radius 2 is 1.00 bits per heavy atom. The van der Waals surface area contributed by atoms with E-state index in [0.717, 1.165) is 50.3 Å². The largest absolute Gasteiger partial charge is 0.264 e. The molecule has 0 amide bonds. The summed E-state index contributed by atoms with van der Waals surface area (Å²) in [5.74, 6) is 0.560. The van der Waals surface area contributed by atoms with Gasteiger partial charge in [0.1, 0.15) is 0 Å². The summed E-state index contributed by atoms with van der Waals surface area (Å²) in [4.78, 5) is 14.4. The lowest BCUT2D eigenvalue weighted by molar-refractivity contribution is 1.13. The van der Waals surface area contributed by atoms with Gasteiger partial charge in [-0.1, -0.05) is 171 Å².